The molecule has 26 heavy (non-hydrogen) atoms. The molecule has 1 atom stereocenters. The molecule has 0 aliphatic heterocycles. The minimum absolute atomic E-state index is 0.135. The standard InChI is InChI=1S/C18H18ClFN4O2/c1-18(21,11-25)10-24-7-6-16(23-24)12-2-4-14(5-3-12)26-17-15(20)8-13(19)9-22-17/h2-9,25H,10-11,21H2,1H3/t18-/m1/s1. The van der Waals surface area contributed by atoms with Crippen LogP contribution in [0.25, 0.3) is 11.3 Å². The van der Waals surface area contributed by atoms with Crippen LogP contribution >= 0.6 is 11.6 Å². The molecule has 0 saturated heterocycles. The lowest BCUT2D eigenvalue weighted by Crippen LogP contribution is -2.44. The van der Waals surface area contributed by atoms with Gasteiger partial charge in [-0.25, -0.2) is 9.37 Å². The molecule has 3 rings (SSSR count). The molecule has 1 aromatic carbocycles. The first-order valence-corrected chi connectivity index (χ1v) is 8.27. The second kappa shape index (κ2) is 7.41. The molecule has 3 aromatic rings. The van der Waals surface area contributed by atoms with E-state index >= 15 is 0 Å². The van der Waals surface area contributed by atoms with Crippen LogP contribution in [0.1, 0.15) is 6.92 Å². The number of halogens is 2. The lowest BCUT2D eigenvalue weighted by Gasteiger charge is -2.21. The molecule has 0 aliphatic rings. The molecule has 136 valence electrons. The number of aromatic nitrogens is 3. The molecule has 0 fully saturated rings. The number of benzene rings is 1. The summed E-state index contributed by atoms with van der Waals surface area (Å²) in [5, 5.41) is 13.9. The largest absolute Gasteiger partial charge is 0.436 e. The number of aliphatic hydroxyl groups excluding tert-OH is 1. The maximum absolute atomic E-state index is 13.7. The predicted molar refractivity (Wildman–Crippen MR) is 96.6 cm³/mol. The van der Waals surface area contributed by atoms with Crippen LogP contribution in [0.4, 0.5) is 4.39 Å². The summed E-state index contributed by atoms with van der Waals surface area (Å²) in [6, 6.07) is 10.0. The third kappa shape index (κ3) is 4.37. The van der Waals surface area contributed by atoms with Gasteiger partial charge >= 0.3 is 0 Å². The van der Waals surface area contributed by atoms with E-state index in [-0.39, 0.29) is 17.5 Å². The van der Waals surface area contributed by atoms with Crippen molar-refractivity contribution < 1.29 is 14.2 Å². The smallest absolute Gasteiger partial charge is 0.255 e. The quantitative estimate of drug-likeness (QED) is 0.689. The van der Waals surface area contributed by atoms with Crippen molar-refractivity contribution in [3.63, 3.8) is 0 Å². The number of aliphatic hydroxyl groups is 1. The molecule has 0 amide bonds. The van der Waals surface area contributed by atoms with E-state index in [0.717, 1.165) is 17.3 Å². The maximum atomic E-state index is 13.7. The van der Waals surface area contributed by atoms with Gasteiger partial charge in [-0.05, 0) is 43.3 Å². The van der Waals surface area contributed by atoms with Crippen molar-refractivity contribution >= 4 is 11.6 Å². The van der Waals surface area contributed by atoms with E-state index < -0.39 is 11.4 Å². The zero-order chi connectivity index (χ0) is 18.7. The van der Waals surface area contributed by atoms with Gasteiger partial charge in [0, 0.05) is 18.0 Å². The molecule has 6 nitrogen and oxygen atoms in total. The van der Waals surface area contributed by atoms with E-state index in [4.69, 9.17) is 22.1 Å². The number of rotatable bonds is 6. The SMILES string of the molecule is C[C@](N)(CO)Cn1ccc(-c2ccc(Oc3ncc(Cl)cc3F)cc2)n1. The van der Waals surface area contributed by atoms with Crippen LogP contribution in [0.2, 0.25) is 5.02 Å². The van der Waals surface area contributed by atoms with E-state index in [9.17, 15) is 9.50 Å². The molecule has 0 aliphatic carbocycles. The van der Waals surface area contributed by atoms with E-state index in [0.29, 0.717) is 12.3 Å². The second-order valence-electron chi connectivity index (χ2n) is 6.28. The number of hydrogen-bond acceptors (Lipinski definition) is 5. The third-order valence-corrected chi connectivity index (χ3v) is 3.87. The number of nitrogens with zero attached hydrogens (tertiary/aromatic N) is 3. The van der Waals surface area contributed by atoms with Crippen LogP contribution in [-0.4, -0.2) is 32.0 Å². The summed E-state index contributed by atoms with van der Waals surface area (Å²) in [4.78, 5) is 3.82. The Bertz CT molecular complexity index is 896. The molecule has 0 bridgehead atoms. The molecular formula is C18H18ClFN4O2. The number of hydrogen-bond donors (Lipinski definition) is 2. The van der Waals surface area contributed by atoms with E-state index in [1.807, 2.05) is 18.2 Å². The van der Waals surface area contributed by atoms with Crippen LogP contribution < -0.4 is 10.5 Å². The molecular weight excluding hydrogens is 359 g/mol. The number of nitrogens with two attached hydrogens (primary N) is 1. The summed E-state index contributed by atoms with van der Waals surface area (Å²) in [6.45, 7) is 2.01. The van der Waals surface area contributed by atoms with Crippen LogP contribution in [0.15, 0.2) is 48.8 Å². The van der Waals surface area contributed by atoms with Gasteiger partial charge in [-0.1, -0.05) is 11.6 Å². The molecule has 2 heterocycles. The number of ether oxygens (including phenoxy) is 1. The summed E-state index contributed by atoms with van der Waals surface area (Å²) in [7, 11) is 0. The minimum Gasteiger partial charge on any atom is -0.436 e. The topological polar surface area (TPSA) is 86.2 Å². The van der Waals surface area contributed by atoms with Crippen LogP contribution in [0.3, 0.4) is 0 Å². The van der Waals surface area contributed by atoms with Crippen molar-refractivity contribution in [2.45, 2.75) is 19.0 Å². The minimum atomic E-state index is -0.739. The fraction of sp³-hybridized carbons (Fsp3) is 0.222. The molecule has 8 heteroatoms. The van der Waals surface area contributed by atoms with Gasteiger partial charge < -0.3 is 15.6 Å². The highest BCUT2D eigenvalue weighted by molar-refractivity contribution is 6.30. The fourth-order valence-corrected chi connectivity index (χ4v) is 2.45. The van der Waals surface area contributed by atoms with Crippen molar-refractivity contribution in [2.75, 3.05) is 6.61 Å². The Morgan fingerprint density at radius 1 is 1.31 bits per heavy atom. The highest BCUT2D eigenvalue weighted by atomic mass is 35.5. The highest BCUT2D eigenvalue weighted by Crippen LogP contribution is 2.26. The van der Waals surface area contributed by atoms with Crippen molar-refractivity contribution in [1.82, 2.24) is 14.8 Å². The molecule has 0 unspecified atom stereocenters. The average molecular weight is 377 g/mol. The van der Waals surface area contributed by atoms with Crippen molar-refractivity contribution in [3.05, 3.63) is 59.6 Å². The van der Waals surface area contributed by atoms with Crippen LogP contribution in [0, 0.1) is 5.82 Å². The van der Waals surface area contributed by atoms with Gasteiger partial charge in [-0.15, -0.1) is 0 Å². The fourth-order valence-electron chi connectivity index (χ4n) is 2.31. The lowest BCUT2D eigenvalue weighted by atomic mass is 10.1. The zero-order valence-electron chi connectivity index (χ0n) is 14.1. The van der Waals surface area contributed by atoms with Gasteiger partial charge in [0.2, 0.25) is 0 Å². The van der Waals surface area contributed by atoms with Gasteiger partial charge in [0.05, 0.1) is 29.4 Å². The molecule has 0 radical (unpaired) electrons. The normalized spacial score (nSPS) is 13.4. The van der Waals surface area contributed by atoms with Crippen LogP contribution in [0.5, 0.6) is 11.6 Å². The summed E-state index contributed by atoms with van der Waals surface area (Å²) < 4.78 is 20.8. The molecule has 0 spiro atoms. The predicted octanol–water partition coefficient (Wildman–Crippen LogP) is 3.24. The Hall–Kier alpha value is -2.48. The van der Waals surface area contributed by atoms with Gasteiger partial charge in [-0.3, -0.25) is 4.68 Å². The van der Waals surface area contributed by atoms with Gasteiger partial charge in [0.1, 0.15) is 5.75 Å². The van der Waals surface area contributed by atoms with Crippen LogP contribution in [-0.2, 0) is 6.54 Å². The van der Waals surface area contributed by atoms with E-state index in [1.54, 1.807) is 29.9 Å². The Labute approximate surface area is 155 Å². The lowest BCUT2D eigenvalue weighted by molar-refractivity contribution is 0.188. The first kappa shape index (κ1) is 18.3. The maximum Gasteiger partial charge on any atom is 0.255 e. The molecule has 0 saturated carbocycles. The Balaban J connectivity index is 1.72. The molecule has 2 aromatic heterocycles. The summed E-state index contributed by atoms with van der Waals surface area (Å²) >= 11 is 5.67. The second-order valence-corrected chi connectivity index (χ2v) is 6.71. The zero-order valence-corrected chi connectivity index (χ0v) is 14.8. The number of pyridine rings is 1. The first-order chi connectivity index (χ1) is 12.4. The van der Waals surface area contributed by atoms with E-state index in [2.05, 4.69) is 10.1 Å². The van der Waals surface area contributed by atoms with Crippen molar-refractivity contribution in [1.29, 1.82) is 0 Å². The third-order valence-electron chi connectivity index (χ3n) is 3.66. The Kier molecular flexibility index (Phi) is 5.22. The van der Waals surface area contributed by atoms with E-state index in [1.165, 1.54) is 6.20 Å². The van der Waals surface area contributed by atoms with Crippen molar-refractivity contribution in [3.8, 4) is 22.9 Å². The monoisotopic (exact) mass is 376 g/mol. The van der Waals surface area contributed by atoms with Gasteiger partial charge in [0.15, 0.2) is 5.82 Å². The highest BCUT2D eigenvalue weighted by Gasteiger charge is 2.18. The average Bonchev–Trinajstić information content (AvgIpc) is 3.06. The van der Waals surface area contributed by atoms with Crippen molar-refractivity contribution in [2.24, 2.45) is 5.73 Å². The van der Waals surface area contributed by atoms with Gasteiger partial charge in [-0.2, -0.15) is 5.10 Å². The summed E-state index contributed by atoms with van der Waals surface area (Å²) in [5.41, 5.74) is 6.81. The Morgan fingerprint density at radius 2 is 2.04 bits per heavy atom. The molecule has 3 N–H and O–H groups in total. The Morgan fingerprint density at radius 3 is 2.69 bits per heavy atom. The first-order valence-electron chi connectivity index (χ1n) is 7.89. The van der Waals surface area contributed by atoms with Gasteiger partial charge in [0.25, 0.3) is 5.88 Å². The summed E-state index contributed by atoms with van der Waals surface area (Å²) in [6.07, 6.45) is 3.12. The summed E-state index contributed by atoms with van der Waals surface area (Å²) in [5.74, 6) is -0.330.